The predicted octanol–water partition coefficient (Wildman–Crippen LogP) is 5.14. The van der Waals surface area contributed by atoms with Gasteiger partial charge >= 0.3 is 0 Å². The predicted molar refractivity (Wildman–Crippen MR) is 123 cm³/mol. The number of fused-ring (bicyclic) bond motifs is 2. The van der Waals surface area contributed by atoms with Gasteiger partial charge in [-0.2, -0.15) is 5.10 Å². The maximum absolute atomic E-state index is 5.93. The van der Waals surface area contributed by atoms with Crippen molar-refractivity contribution in [1.82, 2.24) is 30.1 Å². The minimum atomic E-state index is 0.485. The molecule has 0 aliphatic heterocycles. The molecule has 32 heavy (non-hydrogen) atoms. The average molecular weight is 418 g/mol. The highest BCUT2D eigenvalue weighted by Gasteiger charge is 2.14. The average Bonchev–Trinajstić information content (AvgIpc) is 3.47. The number of rotatable bonds is 5. The second kappa shape index (κ2) is 7.63. The minimum Gasteiger partial charge on any atom is -0.487 e. The lowest BCUT2D eigenvalue weighted by Crippen LogP contribution is -1.96. The van der Waals surface area contributed by atoms with E-state index in [1.165, 1.54) is 0 Å². The Morgan fingerprint density at radius 1 is 0.875 bits per heavy atom. The van der Waals surface area contributed by atoms with Gasteiger partial charge in [0.15, 0.2) is 0 Å². The second-order valence-electron chi connectivity index (χ2n) is 7.47. The maximum atomic E-state index is 5.93. The van der Waals surface area contributed by atoms with Crippen LogP contribution in [0, 0.1) is 0 Å². The molecule has 0 fully saturated rings. The molecular formula is C25H18N6O. The van der Waals surface area contributed by atoms with Crippen LogP contribution in [-0.2, 0) is 6.61 Å². The molecule has 0 bridgehead atoms. The summed E-state index contributed by atoms with van der Waals surface area (Å²) in [5.74, 6) is 0.697. The third kappa shape index (κ3) is 3.35. The summed E-state index contributed by atoms with van der Waals surface area (Å²) in [6.45, 7) is 0.485. The topological polar surface area (TPSA) is 92.4 Å². The fourth-order valence-electron chi connectivity index (χ4n) is 3.71. The molecule has 6 rings (SSSR count). The third-order valence-electron chi connectivity index (χ3n) is 5.31. The van der Waals surface area contributed by atoms with E-state index in [-0.39, 0.29) is 0 Å². The maximum Gasteiger partial charge on any atom is 0.138 e. The zero-order valence-electron chi connectivity index (χ0n) is 17.0. The largest absolute Gasteiger partial charge is 0.487 e. The van der Waals surface area contributed by atoms with E-state index in [0.717, 1.165) is 50.3 Å². The lowest BCUT2D eigenvalue weighted by Gasteiger charge is -2.08. The molecule has 0 amide bonds. The first kappa shape index (κ1) is 18.3. The normalized spacial score (nSPS) is 11.2. The highest BCUT2D eigenvalue weighted by molar-refractivity contribution is 5.93. The van der Waals surface area contributed by atoms with E-state index in [1.807, 2.05) is 66.7 Å². The van der Waals surface area contributed by atoms with E-state index in [4.69, 9.17) is 9.72 Å². The first-order chi connectivity index (χ1) is 15.8. The molecule has 0 atom stereocenters. The second-order valence-corrected chi connectivity index (χ2v) is 7.47. The zero-order chi connectivity index (χ0) is 21.3. The molecule has 5 aromatic heterocycles. The van der Waals surface area contributed by atoms with E-state index in [9.17, 15) is 0 Å². The summed E-state index contributed by atoms with van der Waals surface area (Å²) in [6.07, 6.45) is 5.28. The van der Waals surface area contributed by atoms with E-state index in [2.05, 4.69) is 25.1 Å². The number of pyridine rings is 3. The molecule has 6 aromatic rings. The number of aromatic nitrogens is 6. The first-order valence-electron chi connectivity index (χ1n) is 10.2. The van der Waals surface area contributed by atoms with Crippen LogP contribution < -0.4 is 4.74 Å². The molecule has 7 nitrogen and oxygen atoms in total. The van der Waals surface area contributed by atoms with Crippen LogP contribution in [0.4, 0.5) is 0 Å². The van der Waals surface area contributed by atoms with E-state index < -0.39 is 0 Å². The molecule has 1 aromatic carbocycles. The van der Waals surface area contributed by atoms with Gasteiger partial charge in [0, 0.05) is 18.0 Å². The van der Waals surface area contributed by atoms with Crippen LogP contribution in [0.25, 0.3) is 44.7 Å². The van der Waals surface area contributed by atoms with Crippen molar-refractivity contribution in [3.63, 3.8) is 0 Å². The molecule has 0 aliphatic carbocycles. The highest BCUT2D eigenvalue weighted by atomic mass is 16.5. The monoisotopic (exact) mass is 418 g/mol. The van der Waals surface area contributed by atoms with E-state index >= 15 is 0 Å². The SMILES string of the molecule is c1ccc(COc2cncc(-c3ccc4[nH]nc(-c5cc6ncccc6[nH]5)c4n3)c2)cc1. The molecule has 0 radical (unpaired) electrons. The number of aromatic amines is 2. The fourth-order valence-corrected chi connectivity index (χ4v) is 3.71. The summed E-state index contributed by atoms with van der Waals surface area (Å²) in [5.41, 5.74) is 7.90. The zero-order valence-corrected chi connectivity index (χ0v) is 17.0. The summed E-state index contributed by atoms with van der Waals surface area (Å²) >= 11 is 0. The van der Waals surface area contributed by atoms with Gasteiger partial charge in [0.2, 0.25) is 0 Å². The van der Waals surface area contributed by atoms with Crippen molar-refractivity contribution in [2.45, 2.75) is 6.61 Å². The van der Waals surface area contributed by atoms with Gasteiger partial charge in [0.1, 0.15) is 23.6 Å². The number of H-pyrrole nitrogens is 2. The number of benzene rings is 1. The molecule has 0 saturated carbocycles. The number of hydrogen-bond acceptors (Lipinski definition) is 5. The Labute approximate surface area is 183 Å². The number of ether oxygens (including phenoxy) is 1. The van der Waals surface area contributed by atoms with Gasteiger partial charge < -0.3 is 9.72 Å². The molecule has 0 saturated heterocycles. The van der Waals surface area contributed by atoms with Gasteiger partial charge in [-0.15, -0.1) is 0 Å². The molecule has 5 heterocycles. The number of hydrogen-bond donors (Lipinski definition) is 2. The molecular weight excluding hydrogens is 400 g/mol. The van der Waals surface area contributed by atoms with Crippen molar-refractivity contribution >= 4 is 22.1 Å². The van der Waals surface area contributed by atoms with Gasteiger partial charge in [-0.3, -0.25) is 15.1 Å². The highest BCUT2D eigenvalue weighted by Crippen LogP contribution is 2.29. The van der Waals surface area contributed by atoms with Gasteiger partial charge in [-0.25, -0.2) is 4.98 Å². The summed E-state index contributed by atoms with van der Waals surface area (Å²) < 4.78 is 5.93. The number of nitrogens with zero attached hydrogens (tertiary/aromatic N) is 4. The Morgan fingerprint density at radius 3 is 2.72 bits per heavy atom. The standard InChI is InChI=1S/C25H18N6O/c1-2-5-16(6-3-1)15-32-18-11-17(13-26-14-18)19-8-9-21-24(29-19)25(31-30-21)23-12-22-20(28-23)7-4-10-27-22/h1-14,28H,15H2,(H,30,31). The quantitative estimate of drug-likeness (QED) is 0.404. The van der Waals surface area contributed by atoms with Crippen molar-refractivity contribution in [2.24, 2.45) is 0 Å². The lowest BCUT2D eigenvalue weighted by molar-refractivity contribution is 0.305. The smallest absolute Gasteiger partial charge is 0.138 e. The van der Waals surface area contributed by atoms with E-state index in [1.54, 1.807) is 18.6 Å². The van der Waals surface area contributed by atoms with Crippen LogP contribution in [0.15, 0.2) is 85.3 Å². The van der Waals surface area contributed by atoms with Crippen molar-refractivity contribution in [2.75, 3.05) is 0 Å². The third-order valence-corrected chi connectivity index (χ3v) is 5.31. The Hall–Kier alpha value is -4.52. The van der Waals surface area contributed by atoms with Gasteiger partial charge in [0.05, 0.1) is 34.1 Å². The van der Waals surface area contributed by atoms with Crippen molar-refractivity contribution < 1.29 is 4.74 Å². The summed E-state index contributed by atoms with van der Waals surface area (Å²) in [4.78, 5) is 17.0. The summed E-state index contributed by atoms with van der Waals surface area (Å²) in [5, 5.41) is 7.56. The molecule has 154 valence electrons. The molecule has 0 spiro atoms. The van der Waals surface area contributed by atoms with Gasteiger partial charge in [0.25, 0.3) is 0 Å². The number of nitrogens with one attached hydrogen (secondary N) is 2. The van der Waals surface area contributed by atoms with Crippen molar-refractivity contribution in [3.8, 4) is 28.4 Å². The summed E-state index contributed by atoms with van der Waals surface area (Å²) in [7, 11) is 0. The van der Waals surface area contributed by atoms with E-state index in [0.29, 0.717) is 12.4 Å². The molecule has 2 N–H and O–H groups in total. The molecule has 0 unspecified atom stereocenters. The Morgan fingerprint density at radius 2 is 1.81 bits per heavy atom. The van der Waals surface area contributed by atoms with Crippen LogP contribution in [0.3, 0.4) is 0 Å². The fraction of sp³-hybridized carbons (Fsp3) is 0.0400. The Bertz CT molecular complexity index is 1500. The van der Waals surface area contributed by atoms with Crippen LogP contribution in [0.5, 0.6) is 5.75 Å². The lowest BCUT2D eigenvalue weighted by atomic mass is 10.1. The van der Waals surface area contributed by atoms with Gasteiger partial charge in [-0.1, -0.05) is 30.3 Å². The Balaban J connectivity index is 1.34. The Kier molecular flexibility index (Phi) is 4.35. The molecule has 7 heteroatoms. The van der Waals surface area contributed by atoms with Crippen LogP contribution in [0.2, 0.25) is 0 Å². The van der Waals surface area contributed by atoms with Crippen LogP contribution >= 0.6 is 0 Å². The van der Waals surface area contributed by atoms with Crippen LogP contribution in [-0.4, -0.2) is 30.1 Å². The van der Waals surface area contributed by atoms with Crippen LogP contribution in [0.1, 0.15) is 5.56 Å². The summed E-state index contributed by atoms with van der Waals surface area (Å²) in [6, 6.07) is 21.8. The first-order valence-corrected chi connectivity index (χ1v) is 10.2. The molecule has 0 aliphatic rings. The van der Waals surface area contributed by atoms with Gasteiger partial charge in [-0.05, 0) is 42.0 Å². The minimum absolute atomic E-state index is 0.485. The van der Waals surface area contributed by atoms with Crippen molar-refractivity contribution in [3.05, 3.63) is 90.9 Å². The van der Waals surface area contributed by atoms with Crippen molar-refractivity contribution in [1.29, 1.82) is 0 Å².